The molecule has 3 heterocycles. The van der Waals surface area contributed by atoms with Crippen LogP contribution in [0.3, 0.4) is 0 Å². The lowest BCUT2D eigenvalue weighted by molar-refractivity contribution is -0.140. The lowest BCUT2D eigenvalue weighted by Crippen LogP contribution is -2.42. The maximum absolute atomic E-state index is 13.3. The SMILES string of the molecule is COC(=O)c1[nH]c(C)c(C(O)=C2C(=O)C(=O)N(CCN3CCOCC3)[C@H]2c2ccc(OC)cc2)c1C. The molecule has 1 amide bonds. The van der Waals surface area contributed by atoms with E-state index in [2.05, 4.69) is 9.88 Å². The predicted octanol–water partition coefficient (Wildman–Crippen LogP) is 2.18. The fourth-order valence-corrected chi connectivity index (χ4v) is 4.86. The van der Waals surface area contributed by atoms with Gasteiger partial charge in [-0.05, 0) is 37.1 Å². The second-order valence-corrected chi connectivity index (χ2v) is 8.84. The van der Waals surface area contributed by atoms with Gasteiger partial charge in [-0.25, -0.2) is 4.79 Å². The number of aryl methyl sites for hydroxylation is 1. The van der Waals surface area contributed by atoms with Crippen molar-refractivity contribution in [2.45, 2.75) is 19.9 Å². The van der Waals surface area contributed by atoms with Crippen LogP contribution in [0.2, 0.25) is 0 Å². The summed E-state index contributed by atoms with van der Waals surface area (Å²) in [5.74, 6) is -1.74. The monoisotopic (exact) mass is 497 g/mol. The topological polar surface area (TPSA) is 121 Å². The molecular formula is C26H31N3O7. The quantitative estimate of drug-likeness (QED) is 0.258. The number of morpholine rings is 1. The Labute approximate surface area is 209 Å². The zero-order valence-electron chi connectivity index (χ0n) is 20.9. The van der Waals surface area contributed by atoms with E-state index in [4.69, 9.17) is 14.2 Å². The highest BCUT2D eigenvalue weighted by Gasteiger charge is 2.46. The fraction of sp³-hybridized carbons (Fsp3) is 0.423. The van der Waals surface area contributed by atoms with Gasteiger partial charge in [-0.1, -0.05) is 12.1 Å². The number of hydrogen-bond acceptors (Lipinski definition) is 8. The number of carbonyl (C=O) groups excluding carboxylic acids is 3. The molecule has 0 saturated carbocycles. The van der Waals surface area contributed by atoms with Crippen molar-refractivity contribution in [1.82, 2.24) is 14.8 Å². The molecule has 2 aliphatic rings. The van der Waals surface area contributed by atoms with Crippen LogP contribution in [0, 0.1) is 13.8 Å². The van der Waals surface area contributed by atoms with Gasteiger partial charge in [0.05, 0.1) is 39.0 Å². The number of carbonyl (C=O) groups is 3. The number of benzene rings is 1. The van der Waals surface area contributed by atoms with Crippen LogP contribution in [-0.4, -0.2) is 91.2 Å². The average molecular weight is 498 g/mol. The molecule has 1 aromatic carbocycles. The van der Waals surface area contributed by atoms with Gasteiger partial charge in [0.1, 0.15) is 17.2 Å². The Hall–Kier alpha value is -3.63. The summed E-state index contributed by atoms with van der Waals surface area (Å²) < 4.78 is 15.5. The summed E-state index contributed by atoms with van der Waals surface area (Å²) in [6.45, 7) is 6.94. The number of ketones is 1. The van der Waals surface area contributed by atoms with Crippen molar-refractivity contribution in [2.24, 2.45) is 0 Å². The number of esters is 1. The Kier molecular flexibility index (Phi) is 7.46. The van der Waals surface area contributed by atoms with Gasteiger partial charge < -0.3 is 29.2 Å². The number of H-pyrrole nitrogens is 1. The van der Waals surface area contributed by atoms with Crippen molar-refractivity contribution in [1.29, 1.82) is 0 Å². The standard InChI is InChI=1S/C26H31N3O7/c1-15-19(16(2)27-21(15)26(33)35-4)23(30)20-22(17-5-7-18(34-3)8-6-17)29(25(32)24(20)31)10-9-28-11-13-36-14-12-28/h5-8,22,27,30H,9-14H2,1-4H3/t22-/m0/s1. The molecule has 2 aliphatic heterocycles. The minimum atomic E-state index is -0.799. The first kappa shape index (κ1) is 25.5. The van der Waals surface area contributed by atoms with E-state index in [1.165, 1.54) is 12.0 Å². The van der Waals surface area contributed by atoms with Crippen LogP contribution in [0.25, 0.3) is 5.76 Å². The van der Waals surface area contributed by atoms with Crippen molar-refractivity contribution in [3.05, 3.63) is 57.9 Å². The molecule has 4 rings (SSSR count). The highest BCUT2D eigenvalue weighted by molar-refractivity contribution is 6.46. The van der Waals surface area contributed by atoms with E-state index >= 15 is 0 Å². The first-order valence-electron chi connectivity index (χ1n) is 11.8. The Morgan fingerprint density at radius 2 is 1.78 bits per heavy atom. The van der Waals surface area contributed by atoms with E-state index in [9.17, 15) is 19.5 Å². The average Bonchev–Trinajstić information content (AvgIpc) is 3.34. The smallest absolute Gasteiger partial charge is 0.354 e. The molecule has 0 radical (unpaired) electrons. The minimum Gasteiger partial charge on any atom is -0.507 e. The number of likely N-dealkylation sites (tertiary alicyclic amines) is 1. The van der Waals surface area contributed by atoms with Crippen molar-refractivity contribution in [2.75, 3.05) is 53.6 Å². The number of ether oxygens (including phenoxy) is 3. The molecule has 2 saturated heterocycles. The molecule has 1 aromatic heterocycles. The molecule has 10 heteroatoms. The summed E-state index contributed by atoms with van der Waals surface area (Å²) in [5.41, 5.74) is 2.05. The molecular weight excluding hydrogens is 466 g/mol. The van der Waals surface area contributed by atoms with Gasteiger partial charge in [0.15, 0.2) is 0 Å². The summed E-state index contributed by atoms with van der Waals surface area (Å²) >= 11 is 0. The van der Waals surface area contributed by atoms with E-state index in [1.54, 1.807) is 45.2 Å². The van der Waals surface area contributed by atoms with Crippen molar-refractivity contribution < 1.29 is 33.7 Å². The zero-order chi connectivity index (χ0) is 26.0. The molecule has 1 atom stereocenters. The number of aromatic nitrogens is 1. The van der Waals surface area contributed by atoms with Gasteiger partial charge in [0, 0.05) is 37.4 Å². The summed E-state index contributed by atoms with van der Waals surface area (Å²) in [4.78, 5) is 45.4. The van der Waals surface area contributed by atoms with E-state index in [0.717, 1.165) is 13.1 Å². The van der Waals surface area contributed by atoms with Gasteiger partial charge in [-0.15, -0.1) is 0 Å². The Balaban J connectivity index is 1.80. The number of methoxy groups -OCH3 is 2. The first-order valence-corrected chi connectivity index (χ1v) is 11.8. The number of nitrogens with one attached hydrogen (secondary N) is 1. The normalized spacial score (nSPS) is 20.1. The van der Waals surface area contributed by atoms with E-state index in [-0.39, 0.29) is 17.0 Å². The Morgan fingerprint density at radius 1 is 1.11 bits per heavy atom. The third-order valence-corrected chi connectivity index (χ3v) is 6.80. The minimum absolute atomic E-state index is 0.0197. The van der Waals surface area contributed by atoms with Crippen LogP contribution < -0.4 is 4.74 Å². The summed E-state index contributed by atoms with van der Waals surface area (Å²) in [7, 11) is 2.82. The lowest BCUT2D eigenvalue weighted by Gasteiger charge is -2.31. The molecule has 0 unspecified atom stereocenters. The third-order valence-electron chi connectivity index (χ3n) is 6.80. The summed E-state index contributed by atoms with van der Waals surface area (Å²) in [6, 6.07) is 6.26. The molecule has 2 N–H and O–H groups in total. The van der Waals surface area contributed by atoms with Crippen LogP contribution in [0.5, 0.6) is 5.75 Å². The Bertz CT molecular complexity index is 1190. The maximum Gasteiger partial charge on any atom is 0.354 e. The Morgan fingerprint density at radius 3 is 2.39 bits per heavy atom. The first-order chi connectivity index (χ1) is 17.3. The molecule has 36 heavy (non-hydrogen) atoms. The molecule has 0 bridgehead atoms. The summed E-state index contributed by atoms with van der Waals surface area (Å²) in [5, 5.41) is 11.5. The van der Waals surface area contributed by atoms with Gasteiger partial charge in [0.25, 0.3) is 11.7 Å². The van der Waals surface area contributed by atoms with Crippen LogP contribution >= 0.6 is 0 Å². The van der Waals surface area contributed by atoms with Crippen LogP contribution in [0.15, 0.2) is 29.8 Å². The fourth-order valence-electron chi connectivity index (χ4n) is 4.86. The number of rotatable bonds is 7. The number of aromatic amines is 1. The molecule has 2 aromatic rings. The number of aliphatic hydroxyl groups excluding tert-OH is 1. The second kappa shape index (κ2) is 10.5. The van der Waals surface area contributed by atoms with E-state index in [0.29, 0.717) is 54.4 Å². The molecule has 2 fully saturated rings. The number of Topliss-reactive ketones (excluding diaryl/α,β-unsaturated/α-hetero) is 1. The van der Waals surface area contributed by atoms with E-state index in [1.807, 2.05) is 0 Å². The molecule has 192 valence electrons. The molecule has 0 aliphatic carbocycles. The van der Waals surface area contributed by atoms with Gasteiger partial charge in [0.2, 0.25) is 0 Å². The number of hydrogen-bond donors (Lipinski definition) is 2. The van der Waals surface area contributed by atoms with Gasteiger partial charge in [-0.2, -0.15) is 0 Å². The van der Waals surface area contributed by atoms with Crippen LogP contribution in [0.4, 0.5) is 0 Å². The highest BCUT2D eigenvalue weighted by atomic mass is 16.5. The number of amides is 1. The predicted molar refractivity (Wildman–Crippen MR) is 131 cm³/mol. The third kappa shape index (κ3) is 4.61. The summed E-state index contributed by atoms with van der Waals surface area (Å²) in [6.07, 6.45) is 0. The van der Waals surface area contributed by atoms with Gasteiger partial charge >= 0.3 is 5.97 Å². The molecule has 0 spiro atoms. The maximum atomic E-state index is 13.3. The van der Waals surface area contributed by atoms with Crippen molar-refractivity contribution >= 4 is 23.4 Å². The van der Waals surface area contributed by atoms with Crippen LogP contribution in [-0.2, 0) is 19.1 Å². The highest BCUT2D eigenvalue weighted by Crippen LogP contribution is 2.41. The largest absolute Gasteiger partial charge is 0.507 e. The van der Waals surface area contributed by atoms with Gasteiger partial charge in [-0.3, -0.25) is 14.5 Å². The second-order valence-electron chi connectivity index (χ2n) is 8.84. The number of nitrogens with zero attached hydrogens (tertiary/aromatic N) is 2. The number of aliphatic hydroxyl groups is 1. The lowest BCUT2D eigenvalue weighted by atomic mass is 9.94. The zero-order valence-corrected chi connectivity index (χ0v) is 20.9. The van der Waals surface area contributed by atoms with Crippen molar-refractivity contribution in [3.63, 3.8) is 0 Å². The van der Waals surface area contributed by atoms with Crippen molar-refractivity contribution in [3.8, 4) is 5.75 Å². The molecule has 10 nitrogen and oxygen atoms in total. The van der Waals surface area contributed by atoms with E-state index < -0.39 is 23.7 Å². The van der Waals surface area contributed by atoms with Crippen LogP contribution in [0.1, 0.15) is 38.9 Å².